The van der Waals surface area contributed by atoms with E-state index in [0.717, 1.165) is 0 Å². The Morgan fingerprint density at radius 3 is 2.89 bits per heavy atom. The Morgan fingerprint density at radius 1 is 1.18 bits per heavy atom. The van der Waals surface area contributed by atoms with E-state index in [1.54, 1.807) is 42.6 Å². The molecule has 1 aliphatic heterocycles. The number of carbonyl (C=O) groups is 2. The molecule has 3 aromatic rings. The minimum Gasteiger partial charge on any atom is -0.478 e. The number of ether oxygens (including phenoxy) is 1. The first kappa shape index (κ1) is 17.7. The van der Waals surface area contributed by atoms with Gasteiger partial charge < -0.3 is 19.9 Å². The summed E-state index contributed by atoms with van der Waals surface area (Å²) >= 11 is 0. The Morgan fingerprint density at radius 2 is 2.04 bits per heavy atom. The van der Waals surface area contributed by atoms with Crippen LogP contribution in [0.1, 0.15) is 12.3 Å². The zero-order valence-electron chi connectivity index (χ0n) is 14.8. The molecule has 0 bridgehead atoms. The third-order valence-corrected chi connectivity index (χ3v) is 4.10. The van der Waals surface area contributed by atoms with Gasteiger partial charge in [0.2, 0.25) is 17.6 Å². The number of anilines is 1. The Bertz CT molecular complexity index is 989. The molecule has 0 aliphatic carbocycles. The average Bonchev–Trinajstić information content (AvgIpc) is 3.18. The summed E-state index contributed by atoms with van der Waals surface area (Å²) in [5, 5.41) is 9.34. The molecule has 1 atom stereocenters. The van der Waals surface area contributed by atoms with Crippen molar-refractivity contribution < 1.29 is 18.8 Å². The van der Waals surface area contributed by atoms with Gasteiger partial charge in [-0.3, -0.25) is 14.6 Å². The van der Waals surface area contributed by atoms with Crippen molar-refractivity contribution in [1.82, 2.24) is 20.4 Å². The van der Waals surface area contributed by atoms with Gasteiger partial charge in [-0.05, 0) is 24.3 Å². The van der Waals surface area contributed by atoms with Gasteiger partial charge in [-0.15, -0.1) is 0 Å². The average molecular weight is 379 g/mol. The molecule has 1 aromatic carbocycles. The lowest BCUT2D eigenvalue weighted by Crippen LogP contribution is -2.41. The Hall–Kier alpha value is -3.75. The first-order chi connectivity index (χ1) is 13.7. The minimum atomic E-state index is -0.867. The van der Waals surface area contributed by atoms with Crippen LogP contribution < -0.4 is 15.4 Å². The van der Waals surface area contributed by atoms with Crippen molar-refractivity contribution in [3.05, 3.63) is 54.6 Å². The van der Waals surface area contributed by atoms with Crippen LogP contribution in [0.4, 0.5) is 5.69 Å². The Balaban J connectivity index is 1.26. The molecule has 3 heterocycles. The first-order valence-electron chi connectivity index (χ1n) is 8.76. The molecule has 142 valence electrons. The number of pyridine rings is 1. The quantitative estimate of drug-likeness (QED) is 0.667. The molecule has 2 amide bonds. The monoisotopic (exact) mass is 379 g/mol. The van der Waals surface area contributed by atoms with E-state index < -0.39 is 6.10 Å². The number of hydrogen-bond acceptors (Lipinski definition) is 7. The van der Waals surface area contributed by atoms with Crippen LogP contribution in [0.15, 0.2) is 53.2 Å². The standard InChI is InChI=1S/C19H17N5O4/c25-16(11-15-19(26)22-12-5-1-2-7-14(12)27-15)21-10-8-17-23-18(24-28-17)13-6-3-4-9-20-13/h1-7,9,15H,8,10-11H2,(H,21,25)(H,22,26)/t15-/m0/s1. The summed E-state index contributed by atoms with van der Waals surface area (Å²) in [5.41, 5.74) is 1.21. The molecule has 28 heavy (non-hydrogen) atoms. The second kappa shape index (κ2) is 7.87. The van der Waals surface area contributed by atoms with Crippen LogP contribution in [0, 0.1) is 0 Å². The number of aromatic nitrogens is 3. The van der Waals surface area contributed by atoms with Crippen molar-refractivity contribution in [3.63, 3.8) is 0 Å². The van der Waals surface area contributed by atoms with Gasteiger partial charge in [0, 0.05) is 19.2 Å². The van der Waals surface area contributed by atoms with Gasteiger partial charge in [-0.1, -0.05) is 23.4 Å². The summed E-state index contributed by atoms with van der Waals surface area (Å²) < 4.78 is 10.8. The zero-order valence-corrected chi connectivity index (χ0v) is 14.8. The maximum Gasteiger partial charge on any atom is 0.266 e. The van der Waals surface area contributed by atoms with Crippen molar-refractivity contribution in [3.8, 4) is 17.3 Å². The first-order valence-corrected chi connectivity index (χ1v) is 8.76. The van der Waals surface area contributed by atoms with Crippen LogP contribution in [0.3, 0.4) is 0 Å². The van der Waals surface area contributed by atoms with E-state index in [1.165, 1.54) is 0 Å². The molecular formula is C19H17N5O4. The number of rotatable bonds is 6. The minimum absolute atomic E-state index is 0.0802. The van der Waals surface area contributed by atoms with E-state index in [9.17, 15) is 9.59 Å². The molecule has 0 spiro atoms. The maximum absolute atomic E-state index is 12.1. The zero-order chi connectivity index (χ0) is 19.3. The van der Waals surface area contributed by atoms with E-state index in [0.29, 0.717) is 41.8 Å². The van der Waals surface area contributed by atoms with Crippen LogP contribution in [0.2, 0.25) is 0 Å². The summed E-state index contributed by atoms with van der Waals surface area (Å²) in [5.74, 6) is 0.692. The second-order valence-corrected chi connectivity index (χ2v) is 6.12. The Kier molecular flexibility index (Phi) is 4.96. The number of amides is 2. The molecule has 9 nitrogen and oxygen atoms in total. The molecule has 0 radical (unpaired) electrons. The smallest absolute Gasteiger partial charge is 0.266 e. The fourth-order valence-corrected chi connectivity index (χ4v) is 2.73. The molecule has 1 aliphatic rings. The highest BCUT2D eigenvalue weighted by atomic mass is 16.5. The molecule has 0 saturated heterocycles. The van der Waals surface area contributed by atoms with Gasteiger partial charge in [0.25, 0.3) is 5.91 Å². The van der Waals surface area contributed by atoms with Gasteiger partial charge in [0.15, 0.2) is 6.10 Å². The largest absolute Gasteiger partial charge is 0.478 e. The van der Waals surface area contributed by atoms with Gasteiger partial charge in [0.05, 0.1) is 12.1 Å². The molecule has 0 saturated carbocycles. The predicted molar refractivity (Wildman–Crippen MR) is 98.3 cm³/mol. The third-order valence-electron chi connectivity index (χ3n) is 4.10. The molecular weight excluding hydrogens is 362 g/mol. The topological polar surface area (TPSA) is 119 Å². The number of nitrogens with zero attached hydrogens (tertiary/aromatic N) is 3. The lowest BCUT2D eigenvalue weighted by molar-refractivity contribution is -0.130. The van der Waals surface area contributed by atoms with Gasteiger partial charge in [-0.25, -0.2) is 0 Å². The van der Waals surface area contributed by atoms with E-state index in [1.807, 2.05) is 6.07 Å². The second-order valence-electron chi connectivity index (χ2n) is 6.12. The summed E-state index contributed by atoms with van der Waals surface area (Å²) in [4.78, 5) is 32.6. The molecule has 2 aromatic heterocycles. The van der Waals surface area contributed by atoms with Crippen LogP contribution in [0.5, 0.6) is 5.75 Å². The van der Waals surface area contributed by atoms with E-state index in [4.69, 9.17) is 9.26 Å². The summed E-state index contributed by atoms with van der Waals surface area (Å²) in [7, 11) is 0. The number of nitrogens with one attached hydrogen (secondary N) is 2. The summed E-state index contributed by atoms with van der Waals surface area (Å²) in [6.07, 6.45) is 1.07. The van der Waals surface area contributed by atoms with Crippen molar-refractivity contribution in [2.75, 3.05) is 11.9 Å². The normalized spacial score (nSPS) is 15.3. The molecule has 2 N–H and O–H groups in total. The van der Waals surface area contributed by atoms with Crippen molar-refractivity contribution in [2.45, 2.75) is 18.9 Å². The van der Waals surface area contributed by atoms with Gasteiger partial charge >= 0.3 is 0 Å². The number of hydrogen-bond donors (Lipinski definition) is 2. The number of para-hydroxylation sites is 2. The highest BCUT2D eigenvalue weighted by molar-refractivity contribution is 5.99. The number of carbonyl (C=O) groups excluding carboxylic acids is 2. The SMILES string of the molecule is O=C(C[C@@H]1Oc2ccccc2NC1=O)NCCc1nc(-c2ccccn2)no1. The fraction of sp³-hybridized carbons (Fsp3) is 0.211. The van der Waals surface area contributed by atoms with E-state index in [-0.39, 0.29) is 18.2 Å². The van der Waals surface area contributed by atoms with Crippen LogP contribution in [-0.4, -0.2) is 39.6 Å². The molecule has 0 unspecified atom stereocenters. The maximum atomic E-state index is 12.1. The fourth-order valence-electron chi connectivity index (χ4n) is 2.73. The highest BCUT2D eigenvalue weighted by Crippen LogP contribution is 2.29. The molecule has 9 heteroatoms. The van der Waals surface area contributed by atoms with Crippen LogP contribution in [0.25, 0.3) is 11.5 Å². The van der Waals surface area contributed by atoms with E-state index in [2.05, 4.69) is 25.8 Å². The van der Waals surface area contributed by atoms with Crippen molar-refractivity contribution in [1.29, 1.82) is 0 Å². The van der Waals surface area contributed by atoms with Crippen LogP contribution in [-0.2, 0) is 16.0 Å². The number of fused-ring (bicyclic) bond motifs is 1. The molecule has 4 rings (SSSR count). The van der Waals surface area contributed by atoms with Crippen molar-refractivity contribution >= 4 is 17.5 Å². The predicted octanol–water partition coefficient (Wildman–Crippen LogP) is 1.58. The van der Waals surface area contributed by atoms with Gasteiger partial charge in [-0.2, -0.15) is 4.98 Å². The van der Waals surface area contributed by atoms with Crippen molar-refractivity contribution in [2.24, 2.45) is 0 Å². The van der Waals surface area contributed by atoms with Crippen LogP contribution >= 0.6 is 0 Å². The lowest BCUT2D eigenvalue weighted by Gasteiger charge is -2.25. The van der Waals surface area contributed by atoms with Gasteiger partial charge in [0.1, 0.15) is 11.4 Å². The molecule has 0 fully saturated rings. The highest BCUT2D eigenvalue weighted by Gasteiger charge is 2.29. The summed E-state index contributed by atoms with van der Waals surface area (Å²) in [6, 6.07) is 12.5. The van der Waals surface area contributed by atoms with E-state index >= 15 is 0 Å². The number of benzene rings is 1. The lowest BCUT2D eigenvalue weighted by atomic mass is 10.1. The third kappa shape index (κ3) is 3.98. The summed E-state index contributed by atoms with van der Waals surface area (Å²) in [6.45, 7) is 0.299. The Labute approximate surface area is 160 Å².